The largest absolute Gasteiger partial charge is 0.481 e. The van der Waals surface area contributed by atoms with Crippen molar-refractivity contribution < 1.29 is 48.5 Å². The molecule has 0 radical (unpaired) electrons. The summed E-state index contributed by atoms with van der Waals surface area (Å²) < 4.78 is 11.1. The molecule has 0 saturated carbocycles. The van der Waals surface area contributed by atoms with Gasteiger partial charge in [0.2, 0.25) is 5.91 Å². The number of carboxylic acid groups (broad SMARTS) is 2. The maximum atomic E-state index is 12.1. The maximum absolute atomic E-state index is 12.1. The fraction of sp³-hybridized carbons (Fsp3) is 0.850. The lowest BCUT2D eigenvalue weighted by Gasteiger charge is -2.10. The Morgan fingerprint density at radius 1 is 0.490 bits per heavy atom. The molecule has 0 aliphatic carbocycles. The predicted molar refractivity (Wildman–Crippen MR) is 199 cm³/mol. The van der Waals surface area contributed by atoms with E-state index in [9.17, 15) is 33.9 Å². The first-order chi connectivity index (χ1) is 24.6. The Balaban J connectivity index is 3.40. The van der Waals surface area contributed by atoms with Crippen LogP contribution in [0.1, 0.15) is 180 Å². The molecule has 0 aromatic rings. The molecule has 0 aliphatic heterocycles. The smallest absolute Gasteiger partial charge is 0.306 e. The van der Waals surface area contributed by atoms with Crippen LogP contribution in [-0.2, 0) is 38.2 Å². The number of rotatable bonds is 40. The van der Waals surface area contributed by atoms with Gasteiger partial charge in [0, 0.05) is 64.7 Å². The highest BCUT2D eigenvalue weighted by atomic mass is 16.5. The first-order valence-electron chi connectivity index (χ1n) is 20.0. The van der Waals surface area contributed by atoms with Crippen molar-refractivity contribution in [2.45, 2.75) is 180 Å². The SMILES string of the molecule is CC(=O)CC[C@H](CC(=O)CCC(=O)NCCCOCCOCCCCC(=O)CCCCCCCCCCCCCCCCCCC(=O)O)C(=O)O. The highest BCUT2D eigenvalue weighted by Gasteiger charge is 2.22. The highest BCUT2D eigenvalue weighted by molar-refractivity contribution is 5.87. The molecular weight excluding hydrogens is 654 g/mol. The molecule has 0 bridgehead atoms. The molecule has 0 aliphatic rings. The first-order valence-corrected chi connectivity index (χ1v) is 20.0. The number of carboxylic acids is 2. The van der Waals surface area contributed by atoms with Gasteiger partial charge in [-0.3, -0.25) is 24.0 Å². The second-order valence-electron chi connectivity index (χ2n) is 14.0. The molecule has 0 aromatic heterocycles. The molecule has 0 aromatic carbocycles. The zero-order valence-electron chi connectivity index (χ0n) is 31.9. The van der Waals surface area contributed by atoms with E-state index in [2.05, 4.69) is 5.32 Å². The fourth-order valence-electron chi connectivity index (χ4n) is 5.86. The second-order valence-corrected chi connectivity index (χ2v) is 14.0. The molecule has 51 heavy (non-hydrogen) atoms. The summed E-state index contributed by atoms with van der Waals surface area (Å²) >= 11 is 0. The summed E-state index contributed by atoms with van der Waals surface area (Å²) in [5, 5.41) is 20.6. The van der Waals surface area contributed by atoms with Crippen molar-refractivity contribution in [3.8, 4) is 0 Å². The molecule has 0 saturated heterocycles. The van der Waals surface area contributed by atoms with Crippen molar-refractivity contribution >= 4 is 35.2 Å². The number of hydrogen-bond donors (Lipinski definition) is 3. The van der Waals surface area contributed by atoms with Gasteiger partial charge < -0.3 is 29.8 Å². The van der Waals surface area contributed by atoms with Crippen molar-refractivity contribution in [2.24, 2.45) is 5.92 Å². The third-order valence-electron chi connectivity index (χ3n) is 9.05. The summed E-state index contributed by atoms with van der Waals surface area (Å²) in [6, 6.07) is 0. The van der Waals surface area contributed by atoms with Gasteiger partial charge in [-0.1, -0.05) is 89.9 Å². The Bertz CT molecular complexity index is 938. The topological polar surface area (TPSA) is 173 Å². The monoisotopic (exact) mass is 726 g/mol. The third kappa shape index (κ3) is 36.9. The van der Waals surface area contributed by atoms with Crippen LogP contribution in [0.3, 0.4) is 0 Å². The van der Waals surface area contributed by atoms with Crippen LogP contribution in [0.5, 0.6) is 0 Å². The van der Waals surface area contributed by atoms with E-state index < -0.39 is 17.9 Å². The maximum Gasteiger partial charge on any atom is 0.306 e. The van der Waals surface area contributed by atoms with Crippen LogP contribution in [0.25, 0.3) is 0 Å². The van der Waals surface area contributed by atoms with Crippen LogP contribution in [0, 0.1) is 5.92 Å². The zero-order chi connectivity index (χ0) is 37.8. The lowest BCUT2D eigenvalue weighted by molar-refractivity contribution is -0.144. The lowest BCUT2D eigenvalue weighted by atomic mass is 9.94. The van der Waals surface area contributed by atoms with E-state index in [4.69, 9.17) is 14.6 Å². The number of aliphatic carboxylic acids is 2. The van der Waals surface area contributed by atoms with Gasteiger partial charge in [0.1, 0.15) is 17.3 Å². The Labute approximate surface area is 307 Å². The summed E-state index contributed by atoms with van der Waals surface area (Å²) in [4.78, 5) is 69.0. The molecule has 11 nitrogen and oxygen atoms in total. The Hall–Kier alpha value is -2.66. The molecule has 1 atom stereocenters. The van der Waals surface area contributed by atoms with E-state index in [1.807, 2.05) is 0 Å². The molecule has 0 rings (SSSR count). The number of Topliss-reactive ketones (excluding diaryl/α,β-unsaturated/α-hetero) is 3. The standard InChI is InChI=1S/C40H71NO10/c1-34(42)24-25-35(40(48)49)33-37(44)26-27-38(45)41-28-20-30-51-32-31-50-29-19-18-22-36(43)21-16-14-12-10-8-6-4-2-3-5-7-9-11-13-15-17-23-39(46)47/h35H,2-33H2,1H3,(H,41,45)(H,46,47)(H,48,49)/t35-/m1/s1. The molecule has 0 fully saturated rings. The number of ether oxygens (including phenoxy) is 2. The first kappa shape index (κ1) is 48.3. The van der Waals surface area contributed by atoms with Crippen molar-refractivity contribution in [3.05, 3.63) is 0 Å². The number of ketones is 3. The summed E-state index contributed by atoms with van der Waals surface area (Å²) in [6.45, 7) is 3.81. The molecule has 296 valence electrons. The second kappa shape index (κ2) is 35.7. The third-order valence-corrected chi connectivity index (χ3v) is 9.05. The van der Waals surface area contributed by atoms with Crippen molar-refractivity contribution in [1.82, 2.24) is 5.32 Å². The minimum absolute atomic E-state index is 0.00377. The number of unbranched alkanes of at least 4 members (excludes halogenated alkanes) is 16. The van der Waals surface area contributed by atoms with E-state index in [-0.39, 0.29) is 49.6 Å². The molecule has 3 N–H and O–H groups in total. The summed E-state index contributed by atoms with van der Waals surface area (Å²) in [7, 11) is 0. The van der Waals surface area contributed by atoms with Gasteiger partial charge in [-0.15, -0.1) is 0 Å². The lowest BCUT2D eigenvalue weighted by Crippen LogP contribution is -2.26. The van der Waals surface area contributed by atoms with E-state index >= 15 is 0 Å². The average Bonchev–Trinajstić information content (AvgIpc) is 3.08. The number of carbonyl (C=O) groups is 6. The number of carbonyl (C=O) groups excluding carboxylic acids is 4. The van der Waals surface area contributed by atoms with Gasteiger partial charge in [-0.2, -0.15) is 0 Å². The zero-order valence-corrected chi connectivity index (χ0v) is 31.9. The summed E-state index contributed by atoms with van der Waals surface area (Å²) in [5.74, 6) is -3.01. The van der Waals surface area contributed by atoms with Crippen LogP contribution in [0.2, 0.25) is 0 Å². The van der Waals surface area contributed by atoms with Crippen molar-refractivity contribution in [2.75, 3.05) is 33.0 Å². The highest BCUT2D eigenvalue weighted by Crippen LogP contribution is 2.16. The van der Waals surface area contributed by atoms with E-state index in [1.165, 1.54) is 77.6 Å². The van der Waals surface area contributed by atoms with Gasteiger partial charge in [0.05, 0.1) is 19.1 Å². The minimum Gasteiger partial charge on any atom is -0.481 e. The average molecular weight is 726 g/mol. The van der Waals surface area contributed by atoms with E-state index in [0.717, 1.165) is 44.9 Å². The van der Waals surface area contributed by atoms with Crippen LogP contribution >= 0.6 is 0 Å². The summed E-state index contributed by atoms with van der Waals surface area (Å²) in [5.41, 5.74) is 0. The number of nitrogens with one attached hydrogen (secondary N) is 1. The quantitative estimate of drug-likeness (QED) is 0.0523. The van der Waals surface area contributed by atoms with Gasteiger partial charge in [0.25, 0.3) is 0 Å². The van der Waals surface area contributed by atoms with Gasteiger partial charge >= 0.3 is 11.9 Å². The molecule has 0 heterocycles. The minimum atomic E-state index is -1.10. The predicted octanol–water partition coefficient (Wildman–Crippen LogP) is 8.18. The van der Waals surface area contributed by atoms with Gasteiger partial charge in [-0.05, 0) is 45.4 Å². The number of amides is 1. The normalized spacial score (nSPS) is 11.7. The fourth-order valence-corrected chi connectivity index (χ4v) is 5.86. The van der Waals surface area contributed by atoms with Crippen molar-refractivity contribution in [1.29, 1.82) is 0 Å². The molecular formula is C40H71NO10. The van der Waals surface area contributed by atoms with Crippen LogP contribution in [0.15, 0.2) is 0 Å². The molecule has 0 spiro atoms. The van der Waals surface area contributed by atoms with Crippen LogP contribution < -0.4 is 5.32 Å². The Morgan fingerprint density at radius 2 is 0.941 bits per heavy atom. The van der Waals surface area contributed by atoms with Crippen LogP contribution in [0.4, 0.5) is 0 Å². The molecule has 1 amide bonds. The van der Waals surface area contributed by atoms with Gasteiger partial charge in [-0.25, -0.2) is 0 Å². The van der Waals surface area contributed by atoms with Crippen molar-refractivity contribution in [3.63, 3.8) is 0 Å². The van der Waals surface area contributed by atoms with E-state index in [1.54, 1.807) is 0 Å². The molecule has 0 unspecified atom stereocenters. The number of hydrogen-bond acceptors (Lipinski definition) is 8. The van der Waals surface area contributed by atoms with E-state index in [0.29, 0.717) is 64.4 Å². The Kier molecular flexibility index (Phi) is 33.9. The molecule has 11 heteroatoms. The van der Waals surface area contributed by atoms with Crippen LogP contribution in [-0.4, -0.2) is 78.4 Å². The Morgan fingerprint density at radius 3 is 1.41 bits per heavy atom. The van der Waals surface area contributed by atoms with Gasteiger partial charge in [0.15, 0.2) is 0 Å². The summed E-state index contributed by atoms with van der Waals surface area (Å²) in [6.07, 6.45) is 23.4.